The third-order valence-electron chi connectivity index (χ3n) is 5.55. The van der Waals surface area contributed by atoms with Gasteiger partial charge in [-0.2, -0.15) is 5.26 Å². The fourth-order valence-electron chi connectivity index (χ4n) is 3.76. The number of hydrogen-bond acceptors (Lipinski definition) is 9. The van der Waals surface area contributed by atoms with E-state index in [2.05, 4.69) is 5.32 Å². The number of nitrogens with one attached hydrogen (secondary N) is 1. The zero-order chi connectivity index (χ0) is 27.7. The van der Waals surface area contributed by atoms with Gasteiger partial charge in [0.1, 0.15) is 11.9 Å². The molecule has 12 nitrogen and oxygen atoms in total. The summed E-state index contributed by atoms with van der Waals surface area (Å²) in [6.45, 7) is 5.00. The van der Waals surface area contributed by atoms with Gasteiger partial charge in [0.25, 0.3) is 15.9 Å². The minimum Gasteiger partial charge on any atom is -0.484 e. The summed E-state index contributed by atoms with van der Waals surface area (Å²) in [6, 6.07) is 11.8. The van der Waals surface area contributed by atoms with Crippen molar-refractivity contribution < 1.29 is 37.0 Å². The van der Waals surface area contributed by atoms with Gasteiger partial charge < -0.3 is 14.2 Å². The summed E-state index contributed by atoms with van der Waals surface area (Å²) >= 11 is 0. The number of amides is 3. The van der Waals surface area contributed by atoms with Crippen LogP contribution < -0.4 is 14.4 Å². The SMILES string of the molecule is CC(C)(C)COC(=O)Nc1ccc2c(c1)N(S(=O)(=O)c1cccc(C#N)c1)C[C@H](CN1C(=O)COC1=O)O2. The van der Waals surface area contributed by atoms with Crippen LogP contribution in [0.3, 0.4) is 0 Å². The maximum atomic E-state index is 13.8. The van der Waals surface area contributed by atoms with E-state index in [0.717, 1.165) is 9.21 Å². The molecule has 2 heterocycles. The number of carbonyl (C=O) groups excluding carboxylic acids is 3. The highest BCUT2D eigenvalue weighted by Gasteiger charge is 2.39. The maximum absolute atomic E-state index is 13.8. The van der Waals surface area contributed by atoms with Crippen LogP contribution in [0.4, 0.5) is 21.0 Å². The molecule has 2 aromatic carbocycles. The fourth-order valence-corrected chi connectivity index (χ4v) is 5.31. The molecule has 4 rings (SSSR count). The first-order valence-electron chi connectivity index (χ1n) is 11.6. The van der Waals surface area contributed by atoms with Crippen molar-refractivity contribution in [2.45, 2.75) is 31.8 Å². The van der Waals surface area contributed by atoms with Crippen molar-refractivity contribution in [3.8, 4) is 11.8 Å². The van der Waals surface area contributed by atoms with Crippen molar-refractivity contribution in [1.82, 2.24) is 4.90 Å². The Labute approximate surface area is 219 Å². The quantitative estimate of drug-likeness (QED) is 0.579. The van der Waals surface area contributed by atoms with Crippen molar-refractivity contribution in [3.63, 3.8) is 0 Å². The van der Waals surface area contributed by atoms with Gasteiger partial charge in [-0.1, -0.05) is 26.8 Å². The lowest BCUT2D eigenvalue weighted by Crippen LogP contribution is -2.49. The van der Waals surface area contributed by atoms with Crippen LogP contribution in [0.5, 0.6) is 5.75 Å². The predicted molar refractivity (Wildman–Crippen MR) is 134 cm³/mol. The van der Waals surface area contributed by atoms with Gasteiger partial charge in [-0.05, 0) is 41.8 Å². The molecule has 0 unspecified atom stereocenters. The molecular formula is C25H26N4O8S. The topological polar surface area (TPSA) is 155 Å². The number of carbonyl (C=O) groups is 3. The third-order valence-corrected chi connectivity index (χ3v) is 7.33. The lowest BCUT2D eigenvalue weighted by Gasteiger charge is -2.36. The molecule has 1 atom stereocenters. The van der Waals surface area contributed by atoms with E-state index < -0.39 is 40.8 Å². The number of nitrogens with zero attached hydrogens (tertiary/aromatic N) is 3. The van der Waals surface area contributed by atoms with Crippen LogP contribution in [-0.4, -0.2) is 63.8 Å². The van der Waals surface area contributed by atoms with Gasteiger partial charge in [-0.25, -0.2) is 22.9 Å². The Bertz CT molecular complexity index is 1410. The molecule has 2 aliphatic rings. The normalized spacial score (nSPS) is 17.3. The Morgan fingerprint density at radius 1 is 1.21 bits per heavy atom. The first-order chi connectivity index (χ1) is 17.9. The number of nitriles is 1. The van der Waals surface area contributed by atoms with Gasteiger partial charge in [0.05, 0.1) is 41.9 Å². The first kappa shape index (κ1) is 26.7. The molecule has 1 saturated heterocycles. The van der Waals surface area contributed by atoms with E-state index in [9.17, 15) is 28.1 Å². The molecular weight excluding hydrogens is 516 g/mol. The van der Waals surface area contributed by atoms with Crippen molar-refractivity contribution in [3.05, 3.63) is 48.0 Å². The molecule has 38 heavy (non-hydrogen) atoms. The Balaban J connectivity index is 1.68. The van der Waals surface area contributed by atoms with E-state index in [0.29, 0.717) is 0 Å². The van der Waals surface area contributed by atoms with Gasteiger partial charge in [0.15, 0.2) is 6.61 Å². The van der Waals surface area contributed by atoms with E-state index in [1.54, 1.807) is 0 Å². The van der Waals surface area contributed by atoms with Crippen LogP contribution in [-0.2, 0) is 24.3 Å². The number of benzene rings is 2. The summed E-state index contributed by atoms with van der Waals surface area (Å²) in [5.74, 6) is -0.413. The minimum atomic E-state index is -4.24. The maximum Gasteiger partial charge on any atom is 0.417 e. The summed E-state index contributed by atoms with van der Waals surface area (Å²) in [5.41, 5.74) is 0.280. The summed E-state index contributed by atoms with van der Waals surface area (Å²) in [4.78, 5) is 37.0. The van der Waals surface area contributed by atoms with Gasteiger partial charge in [0, 0.05) is 5.69 Å². The fraction of sp³-hybridized carbons (Fsp3) is 0.360. The van der Waals surface area contributed by atoms with Gasteiger partial charge in [0.2, 0.25) is 0 Å². The van der Waals surface area contributed by atoms with Crippen LogP contribution in [0.15, 0.2) is 47.4 Å². The van der Waals surface area contributed by atoms with Crippen molar-refractivity contribution in [1.29, 1.82) is 5.26 Å². The molecule has 0 bridgehead atoms. The van der Waals surface area contributed by atoms with Gasteiger partial charge >= 0.3 is 12.2 Å². The number of imide groups is 1. The number of cyclic esters (lactones) is 1. The van der Waals surface area contributed by atoms with Gasteiger partial charge in [-0.3, -0.25) is 14.4 Å². The first-order valence-corrected chi connectivity index (χ1v) is 13.1. The van der Waals surface area contributed by atoms with Crippen LogP contribution >= 0.6 is 0 Å². The zero-order valence-electron chi connectivity index (χ0n) is 21.0. The van der Waals surface area contributed by atoms with Crippen molar-refractivity contribution in [2.75, 3.05) is 35.9 Å². The van der Waals surface area contributed by atoms with E-state index in [1.807, 2.05) is 26.8 Å². The molecule has 3 amide bonds. The number of fused-ring (bicyclic) bond motifs is 1. The monoisotopic (exact) mass is 542 g/mol. The predicted octanol–water partition coefficient (Wildman–Crippen LogP) is 3.09. The molecule has 0 saturated carbocycles. The highest BCUT2D eigenvalue weighted by molar-refractivity contribution is 7.92. The highest BCUT2D eigenvalue weighted by Crippen LogP contribution is 2.39. The number of ether oxygens (including phenoxy) is 3. The van der Waals surface area contributed by atoms with Crippen molar-refractivity contribution >= 4 is 39.5 Å². The van der Waals surface area contributed by atoms with E-state index in [-0.39, 0.29) is 52.7 Å². The Morgan fingerprint density at radius 2 is 1.97 bits per heavy atom. The largest absolute Gasteiger partial charge is 0.484 e. The van der Waals surface area contributed by atoms with Crippen LogP contribution in [0.25, 0.3) is 0 Å². The summed E-state index contributed by atoms with van der Waals surface area (Å²) in [5, 5.41) is 11.8. The third kappa shape index (κ3) is 5.81. The molecule has 0 radical (unpaired) electrons. The number of rotatable bonds is 6. The van der Waals surface area contributed by atoms with Crippen LogP contribution in [0.2, 0.25) is 0 Å². The molecule has 1 N–H and O–H groups in total. The molecule has 2 aromatic rings. The van der Waals surface area contributed by atoms with Crippen LogP contribution in [0.1, 0.15) is 26.3 Å². The number of hydrogen-bond donors (Lipinski definition) is 1. The highest BCUT2D eigenvalue weighted by atomic mass is 32.2. The van der Waals surface area contributed by atoms with Crippen molar-refractivity contribution in [2.24, 2.45) is 5.41 Å². The Kier molecular flexibility index (Phi) is 7.19. The zero-order valence-corrected chi connectivity index (χ0v) is 21.8. The smallest absolute Gasteiger partial charge is 0.417 e. The average molecular weight is 543 g/mol. The average Bonchev–Trinajstić information content (AvgIpc) is 3.19. The second-order valence-corrected chi connectivity index (χ2v) is 11.8. The Morgan fingerprint density at radius 3 is 2.63 bits per heavy atom. The second kappa shape index (κ2) is 10.2. The standard InChI is InChI=1S/C25H26N4O8S/c1-25(2,3)15-36-23(31)27-17-7-8-21-20(10-17)29(38(33,34)19-6-4-5-16(9-19)11-26)13-18(37-21)12-28-22(30)14-35-24(28)32/h4-10,18H,12-15H2,1-3H3,(H,27,31)/t18-/m0/s1. The molecule has 13 heteroatoms. The molecule has 1 fully saturated rings. The molecule has 0 spiro atoms. The summed E-state index contributed by atoms with van der Waals surface area (Å²) < 4.78 is 44.5. The summed E-state index contributed by atoms with van der Waals surface area (Å²) in [6.07, 6.45) is -2.47. The number of anilines is 2. The van der Waals surface area contributed by atoms with E-state index in [1.165, 1.54) is 42.5 Å². The van der Waals surface area contributed by atoms with Gasteiger partial charge in [-0.15, -0.1) is 0 Å². The minimum absolute atomic E-state index is 0.118. The molecule has 200 valence electrons. The Hall–Kier alpha value is -4.31. The number of sulfonamides is 1. The van der Waals surface area contributed by atoms with E-state index in [4.69, 9.17) is 14.2 Å². The second-order valence-electron chi connectivity index (χ2n) is 9.92. The molecule has 0 aromatic heterocycles. The lowest BCUT2D eigenvalue weighted by molar-refractivity contribution is -0.126. The molecule has 0 aliphatic carbocycles. The lowest BCUT2D eigenvalue weighted by atomic mass is 9.99. The van der Waals surface area contributed by atoms with Crippen LogP contribution in [0, 0.1) is 16.7 Å². The summed E-state index contributed by atoms with van der Waals surface area (Å²) in [7, 11) is -4.24. The molecule has 2 aliphatic heterocycles. The van der Waals surface area contributed by atoms with E-state index >= 15 is 0 Å².